The van der Waals surface area contributed by atoms with Crippen LogP contribution in [0.25, 0.3) is 0 Å². The third-order valence-corrected chi connectivity index (χ3v) is 6.61. The van der Waals surface area contributed by atoms with Gasteiger partial charge in [-0.15, -0.1) is 11.3 Å². The Bertz CT molecular complexity index is 1240. The van der Waals surface area contributed by atoms with Gasteiger partial charge in [0, 0.05) is 22.0 Å². The van der Waals surface area contributed by atoms with Crippen molar-refractivity contribution < 1.29 is 19.2 Å². The minimum absolute atomic E-state index is 0.169. The standard InChI is InChI=1S/C22H18ClN3O5S2/c1-30-21(27)19-17-3-2-4-18(17)33-20(19)25-22(32)24-13-9-14(26(28)29)11-16(10-13)31-15-7-5-12(23)6-8-15/h5-11H,2-4H2,1H3,(H2,24,25,32). The first kappa shape index (κ1) is 23.0. The summed E-state index contributed by atoms with van der Waals surface area (Å²) in [5, 5.41) is 18.7. The molecule has 0 fully saturated rings. The molecule has 0 saturated carbocycles. The molecule has 1 heterocycles. The Balaban J connectivity index is 1.55. The number of halogens is 1. The molecule has 3 aromatic rings. The minimum Gasteiger partial charge on any atom is -0.465 e. The zero-order chi connectivity index (χ0) is 23.5. The first-order valence-electron chi connectivity index (χ1n) is 9.88. The number of benzene rings is 2. The van der Waals surface area contributed by atoms with Crippen LogP contribution in [0.2, 0.25) is 5.02 Å². The second-order valence-electron chi connectivity index (χ2n) is 7.16. The summed E-state index contributed by atoms with van der Waals surface area (Å²) in [5.41, 5.74) is 1.67. The molecule has 0 spiro atoms. The first-order valence-corrected chi connectivity index (χ1v) is 11.5. The molecule has 2 N–H and O–H groups in total. The van der Waals surface area contributed by atoms with E-state index in [0.29, 0.717) is 27.0 Å². The molecule has 0 bridgehead atoms. The van der Waals surface area contributed by atoms with Gasteiger partial charge in [-0.05, 0) is 61.3 Å². The number of nitro groups is 1. The fourth-order valence-electron chi connectivity index (χ4n) is 3.53. The van der Waals surface area contributed by atoms with E-state index < -0.39 is 10.9 Å². The summed E-state index contributed by atoms with van der Waals surface area (Å²) in [4.78, 5) is 24.4. The van der Waals surface area contributed by atoms with Crippen molar-refractivity contribution in [2.75, 3.05) is 17.7 Å². The lowest BCUT2D eigenvalue weighted by Crippen LogP contribution is -2.20. The van der Waals surface area contributed by atoms with Crippen LogP contribution in [0.15, 0.2) is 42.5 Å². The molecular formula is C22H18ClN3O5S2. The Morgan fingerprint density at radius 3 is 2.61 bits per heavy atom. The highest BCUT2D eigenvalue weighted by Crippen LogP contribution is 2.39. The molecule has 11 heteroatoms. The van der Waals surface area contributed by atoms with E-state index in [-0.39, 0.29) is 16.5 Å². The van der Waals surface area contributed by atoms with Crippen LogP contribution < -0.4 is 15.4 Å². The highest BCUT2D eigenvalue weighted by Gasteiger charge is 2.27. The Hall–Kier alpha value is -3.21. The third kappa shape index (κ3) is 5.24. The van der Waals surface area contributed by atoms with E-state index in [9.17, 15) is 14.9 Å². The maximum atomic E-state index is 12.3. The third-order valence-electron chi connectivity index (χ3n) is 4.95. The second-order valence-corrected chi connectivity index (χ2v) is 9.11. The van der Waals surface area contributed by atoms with Crippen LogP contribution in [-0.2, 0) is 17.6 Å². The van der Waals surface area contributed by atoms with Gasteiger partial charge in [0.15, 0.2) is 5.11 Å². The van der Waals surface area contributed by atoms with Crippen molar-refractivity contribution in [3.8, 4) is 11.5 Å². The van der Waals surface area contributed by atoms with Gasteiger partial charge >= 0.3 is 5.97 Å². The van der Waals surface area contributed by atoms with Crippen LogP contribution in [0, 0.1) is 10.1 Å². The van der Waals surface area contributed by atoms with Crippen LogP contribution in [0.5, 0.6) is 11.5 Å². The van der Waals surface area contributed by atoms with Crippen molar-refractivity contribution in [2.45, 2.75) is 19.3 Å². The average molecular weight is 504 g/mol. The number of methoxy groups -OCH3 is 1. The van der Waals surface area contributed by atoms with Gasteiger partial charge in [0.1, 0.15) is 16.5 Å². The average Bonchev–Trinajstić information content (AvgIpc) is 3.35. The monoisotopic (exact) mass is 503 g/mol. The van der Waals surface area contributed by atoms with Crippen molar-refractivity contribution in [1.82, 2.24) is 0 Å². The van der Waals surface area contributed by atoms with Crippen LogP contribution in [0.3, 0.4) is 0 Å². The van der Waals surface area contributed by atoms with Gasteiger partial charge in [0.25, 0.3) is 5.69 Å². The SMILES string of the molecule is COC(=O)c1c(NC(=S)Nc2cc(Oc3ccc(Cl)cc3)cc([N+](=O)[O-])c2)sc2c1CCC2. The topological polar surface area (TPSA) is 103 Å². The summed E-state index contributed by atoms with van der Waals surface area (Å²) in [6.45, 7) is 0. The molecule has 0 amide bonds. The van der Waals surface area contributed by atoms with E-state index in [4.69, 9.17) is 33.3 Å². The highest BCUT2D eigenvalue weighted by molar-refractivity contribution is 7.80. The molecule has 0 unspecified atom stereocenters. The normalized spacial score (nSPS) is 12.1. The molecule has 1 aromatic heterocycles. The molecule has 1 aliphatic carbocycles. The number of esters is 1. The second kappa shape index (κ2) is 9.74. The predicted molar refractivity (Wildman–Crippen MR) is 132 cm³/mol. The summed E-state index contributed by atoms with van der Waals surface area (Å²) in [6, 6.07) is 10.9. The molecule has 2 aromatic carbocycles. The zero-order valence-corrected chi connectivity index (χ0v) is 19.7. The number of rotatable bonds is 6. The fraction of sp³-hybridized carbons (Fsp3) is 0.182. The van der Waals surface area contributed by atoms with Crippen LogP contribution in [0.1, 0.15) is 27.2 Å². The number of hydrogen-bond acceptors (Lipinski definition) is 7. The minimum atomic E-state index is -0.518. The molecule has 0 saturated heterocycles. The summed E-state index contributed by atoms with van der Waals surface area (Å²) < 4.78 is 10.7. The van der Waals surface area contributed by atoms with Gasteiger partial charge in [-0.1, -0.05) is 11.6 Å². The number of aryl methyl sites for hydroxylation is 1. The van der Waals surface area contributed by atoms with E-state index in [1.807, 2.05) is 0 Å². The molecule has 8 nitrogen and oxygen atoms in total. The van der Waals surface area contributed by atoms with E-state index >= 15 is 0 Å². The Morgan fingerprint density at radius 1 is 1.15 bits per heavy atom. The summed E-state index contributed by atoms with van der Waals surface area (Å²) in [6.07, 6.45) is 2.72. The van der Waals surface area contributed by atoms with E-state index in [1.165, 1.54) is 30.6 Å². The molecule has 0 radical (unpaired) electrons. The lowest BCUT2D eigenvalue weighted by atomic mass is 10.1. The van der Waals surface area contributed by atoms with Gasteiger partial charge in [0.2, 0.25) is 0 Å². The lowest BCUT2D eigenvalue weighted by Gasteiger charge is -2.13. The van der Waals surface area contributed by atoms with Gasteiger partial charge < -0.3 is 20.1 Å². The zero-order valence-electron chi connectivity index (χ0n) is 17.3. The molecule has 4 rings (SSSR count). The van der Waals surface area contributed by atoms with Crippen LogP contribution in [0.4, 0.5) is 16.4 Å². The van der Waals surface area contributed by atoms with E-state index in [2.05, 4.69) is 10.6 Å². The molecule has 1 aliphatic rings. The number of nitrogens with one attached hydrogen (secondary N) is 2. The highest BCUT2D eigenvalue weighted by atomic mass is 35.5. The maximum Gasteiger partial charge on any atom is 0.341 e. The molecule has 0 atom stereocenters. The summed E-state index contributed by atoms with van der Waals surface area (Å²) in [7, 11) is 1.34. The number of anilines is 2. The fourth-order valence-corrected chi connectivity index (χ4v) is 5.23. The molecule has 0 aliphatic heterocycles. The van der Waals surface area contributed by atoms with Crippen molar-refractivity contribution in [1.29, 1.82) is 0 Å². The van der Waals surface area contributed by atoms with Gasteiger partial charge in [0.05, 0.1) is 29.4 Å². The number of thiocarbonyl (C=S) groups is 1. The number of carbonyl (C=O) groups is 1. The number of carbonyl (C=O) groups excluding carboxylic acids is 1. The quantitative estimate of drug-likeness (QED) is 0.178. The summed E-state index contributed by atoms with van der Waals surface area (Å²) >= 11 is 12.8. The van der Waals surface area contributed by atoms with Crippen LogP contribution >= 0.6 is 35.2 Å². The molecular weight excluding hydrogens is 486 g/mol. The Kier molecular flexibility index (Phi) is 6.77. The van der Waals surface area contributed by atoms with Crippen molar-refractivity contribution >= 4 is 62.6 Å². The van der Waals surface area contributed by atoms with E-state index in [0.717, 1.165) is 29.7 Å². The van der Waals surface area contributed by atoms with Crippen LogP contribution in [-0.4, -0.2) is 23.1 Å². The lowest BCUT2D eigenvalue weighted by molar-refractivity contribution is -0.384. The Labute approximate surface area is 203 Å². The van der Waals surface area contributed by atoms with E-state index in [1.54, 1.807) is 30.3 Å². The van der Waals surface area contributed by atoms with Gasteiger partial charge in [-0.3, -0.25) is 10.1 Å². The number of thiophene rings is 1. The van der Waals surface area contributed by atoms with Gasteiger partial charge in [-0.25, -0.2) is 4.79 Å². The molecule has 33 heavy (non-hydrogen) atoms. The number of fused-ring (bicyclic) bond motifs is 1. The predicted octanol–water partition coefficient (Wildman–Crippen LogP) is 6.19. The summed E-state index contributed by atoms with van der Waals surface area (Å²) in [5.74, 6) is 0.304. The number of hydrogen-bond donors (Lipinski definition) is 2. The number of ether oxygens (including phenoxy) is 2. The largest absolute Gasteiger partial charge is 0.465 e. The number of nitrogens with zero attached hydrogens (tertiary/aromatic N) is 1. The number of non-ortho nitro benzene ring substituents is 1. The van der Waals surface area contributed by atoms with Crippen molar-refractivity contribution in [2.24, 2.45) is 0 Å². The van der Waals surface area contributed by atoms with Crippen molar-refractivity contribution in [3.05, 3.63) is 73.6 Å². The Morgan fingerprint density at radius 2 is 1.91 bits per heavy atom. The maximum absolute atomic E-state index is 12.3. The first-order chi connectivity index (χ1) is 15.8. The number of nitro benzene ring substituents is 1. The van der Waals surface area contributed by atoms with Gasteiger partial charge in [-0.2, -0.15) is 0 Å². The van der Waals surface area contributed by atoms with Crippen molar-refractivity contribution in [3.63, 3.8) is 0 Å². The smallest absolute Gasteiger partial charge is 0.341 e. The molecule has 170 valence electrons.